The highest BCUT2D eigenvalue weighted by Crippen LogP contribution is 2.31. The minimum atomic E-state index is -4.24. The topological polar surface area (TPSA) is 86.8 Å². The normalized spacial score (nSPS) is 12.1. The van der Waals surface area contributed by atoms with Crippen molar-refractivity contribution in [3.63, 3.8) is 0 Å². The summed E-state index contributed by atoms with van der Waals surface area (Å²) in [5.74, 6) is -0.929. The maximum Gasteiger partial charge on any atom is 0.264 e. The van der Waals surface area contributed by atoms with E-state index >= 15 is 0 Å². The van der Waals surface area contributed by atoms with Crippen molar-refractivity contribution in [2.75, 3.05) is 17.4 Å². The number of halogens is 4. The Labute approximate surface area is 267 Å². The lowest BCUT2D eigenvalue weighted by atomic mass is 10.1. The molecule has 0 unspecified atom stereocenters. The zero-order valence-electron chi connectivity index (χ0n) is 23.5. The molecule has 0 aliphatic heterocycles. The van der Waals surface area contributed by atoms with Gasteiger partial charge in [-0.05, 0) is 67.8 Å². The van der Waals surface area contributed by atoms with Crippen LogP contribution in [0.2, 0.25) is 20.1 Å². The second-order valence-corrected chi connectivity index (χ2v) is 13.3. The van der Waals surface area contributed by atoms with Gasteiger partial charge in [0.05, 0.1) is 30.7 Å². The fraction of sp³-hybridized carbons (Fsp3) is 0.333. The van der Waals surface area contributed by atoms with Crippen LogP contribution in [0.3, 0.4) is 0 Å². The first kappa shape index (κ1) is 34.0. The van der Waals surface area contributed by atoms with Crippen LogP contribution in [0.4, 0.5) is 5.69 Å². The molecule has 0 heterocycles. The summed E-state index contributed by atoms with van der Waals surface area (Å²) in [6.07, 6.45) is 1.96. The van der Waals surface area contributed by atoms with Crippen LogP contribution < -0.4 is 9.62 Å². The standard InChI is InChI=1S/C30H33Cl4N3O4S/c1-4-6-15-35-30(39)28(5-2)36(18-21-9-13-24(31)26(33)16-21)29(38)19-37(22-10-14-25(32)27(34)17-22)42(40,41)23-11-7-20(3)8-12-23/h7-14,16-17,28H,4-6,15,18-19H2,1-3H3,(H,35,39)/t28-/m0/s1. The number of anilines is 1. The zero-order valence-corrected chi connectivity index (χ0v) is 27.4. The van der Waals surface area contributed by atoms with Crippen LogP contribution in [-0.2, 0) is 26.2 Å². The summed E-state index contributed by atoms with van der Waals surface area (Å²) in [4.78, 5) is 28.8. The van der Waals surface area contributed by atoms with Gasteiger partial charge in [-0.15, -0.1) is 0 Å². The van der Waals surface area contributed by atoms with Gasteiger partial charge >= 0.3 is 0 Å². The van der Waals surface area contributed by atoms with E-state index in [0.29, 0.717) is 28.6 Å². The molecule has 0 fully saturated rings. The molecule has 0 radical (unpaired) electrons. The molecule has 1 N–H and O–H groups in total. The van der Waals surface area contributed by atoms with Gasteiger partial charge in [-0.3, -0.25) is 13.9 Å². The number of amides is 2. The van der Waals surface area contributed by atoms with Crippen molar-refractivity contribution in [1.82, 2.24) is 10.2 Å². The molecule has 0 aliphatic carbocycles. The van der Waals surface area contributed by atoms with Gasteiger partial charge in [0.1, 0.15) is 12.6 Å². The fourth-order valence-electron chi connectivity index (χ4n) is 4.27. The van der Waals surface area contributed by atoms with E-state index in [9.17, 15) is 18.0 Å². The molecule has 0 saturated carbocycles. The predicted octanol–water partition coefficient (Wildman–Crippen LogP) is 7.53. The SMILES string of the molecule is CCCCNC(=O)[C@H](CC)N(Cc1ccc(Cl)c(Cl)c1)C(=O)CN(c1ccc(Cl)c(Cl)c1)S(=O)(=O)c1ccc(C)cc1. The van der Waals surface area contributed by atoms with Crippen molar-refractivity contribution in [3.8, 4) is 0 Å². The maximum atomic E-state index is 14.1. The summed E-state index contributed by atoms with van der Waals surface area (Å²) in [6, 6.07) is 14.7. The first-order valence-electron chi connectivity index (χ1n) is 13.4. The molecule has 3 aromatic rings. The Morgan fingerprint density at radius 2 is 1.48 bits per heavy atom. The van der Waals surface area contributed by atoms with Crippen LogP contribution in [0.1, 0.15) is 44.2 Å². The van der Waals surface area contributed by atoms with Crippen LogP contribution in [-0.4, -0.2) is 44.3 Å². The Bertz CT molecular complexity index is 1520. The maximum absolute atomic E-state index is 14.1. The number of hydrogen-bond donors (Lipinski definition) is 1. The predicted molar refractivity (Wildman–Crippen MR) is 171 cm³/mol. The Balaban J connectivity index is 2.07. The molecule has 0 saturated heterocycles. The average Bonchev–Trinajstić information content (AvgIpc) is 2.95. The molecule has 0 aromatic heterocycles. The van der Waals surface area contributed by atoms with E-state index in [-0.39, 0.29) is 33.1 Å². The van der Waals surface area contributed by atoms with Crippen molar-refractivity contribution in [2.45, 2.75) is 57.5 Å². The van der Waals surface area contributed by atoms with E-state index in [1.165, 1.54) is 35.2 Å². The number of hydrogen-bond acceptors (Lipinski definition) is 4. The van der Waals surface area contributed by atoms with Gasteiger partial charge in [0.15, 0.2) is 0 Å². The Morgan fingerprint density at radius 1 is 0.857 bits per heavy atom. The molecule has 0 aliphatic rings. The molecular weight excluding hydrogens is 640 g/mol. The van der Waals surface area contributed by atoms with Gasteiger partial charge in [0, 0.05) is 13.1 Å². The van der Waals surface area contributed by atoms with Crippen LogP contribution in [0, 0.1) is 6.92 Å². The number of aryl methyl sites for hydroxylation is 1. The Hall–Kier alpha value is -2.49. The molecule has 7 nitrogen and oxygen atoms in total. The van der Waals surface area contributed by atoms with Gasteiger partial charge in [-0.2, -0.15) is 0 Å². The smallest absolute Gasteiger partial charge is 0.264 e. The molecule has 0 bridgehead atoms. The monoisotopic (exact) mass is 671 g/mol. The number of carbonyl (C=O) groups is 2. The van der Waals surface area contributed by atoms with Crippen molar-refractivity contribution in [3.05, 3.63) is 91.9 Å². The summed E-state index contributed by atoms with van der Waals surface area (Å²) < 4.78 is 28.9. The fourth-order valence-corrected chi connectivity index (χ4v) is 6.29. The number of rotatable bonds is 13. The van der Waals surface area contributed by atoms with E-state index in [4.69, 9.17) is 46.4 Å². The molecule has 1 atom stereocenters. The number of nitrogens with zero attached hydrogens (tertiary/aromatic N) is 2. The molecule has 2 amide bonds. The van der Waals surface area contributed by atoms with Gasteiger partial charge in [-0.1, -0.05) is 90.4 Å². The quantitative estimate of drug-likeness (QED) is 0.190. The first-order chi connectivity index (χ1) is 19.9. The van der Waals surface area contributed by atoms with Crippen molar-refractivity contribution in [2.24, 2.45) is 0 Å². The van der Waals surface area contributed by atoms with Crippen molar-refractivity contribution in [1.29, 1.82) is 0 Å². The third-order valence-electron chi connectivity index (χ3n) is 6.63. The third kappa shape index (κ3) is 8.54. The van der Waals surface area contributed by atoms with Gasteiger partial charge < -0.3 is 10.2 Å². The van der Waals surface area contributed by atoms with Crippen LogP contribution in [0.25, 0.3) is 0 Å². The molecule has 3 rings (SSSR count). The first-order valence-corrected chi connectivity index (χ1v) is 16.4. The zero-order chi connectivity index (χ0) is 31.0. The molecular formula is C30H33Cl4N3O4S. The van der Waals surface area contributed by atoms with Crippen LogP contribution in [0.5, 0.6) is 0 Å². The molecule has 0 spiro atoms. The lowest BCUT2D eigenvalue weighted by Gasteiger charge is -2.33. The average molecular weight is 673 g/mol. The summed E-state index contributed by atoms with van der Waals surface area (Å²) in [7, 11) is -4.24. The van der Waals surface area contributed by atoms with Crippen LogP contribution in [0.15, 0.2) is 65.6 Å². The van der Waals surface area contributed by atoms with E-state index in [1.807, 2.05) is 13.8 Å². The van der Waals surface area contributed by atoms with Crippen LogP contribution >= 0.6 is 46.4 Å². The summed E-state index contributed by atoms with van der Waals surface area (Å²) in [6.45, 7) is 5.49. The largest absolute Gasteiger partial charge is 0.354 e. The van der Waals surface area contributed by atoms with Gasteiger partial charge in [0.2, 0.25) is 11.8 Å². The Morgan fingerprint density at radius 3 is 2.05 bits per heavy atom. The highest BCUT2D eigenvalue weighted by atomic mass is 35.5. The Kier molecular flexibility index (Phi) is 12.4. The van der Waals surface area contributed by atoms with E-state index in [1.54, 1.807) is 37.3 Å². The lowest BCUT2D eigenvalue weighted by molar-refractivity contribution is -0.140. The van der Waals surface area contributed by atoms with E-state index in [0.717, 1.165) is 22.7 Å². The summed E-state index contributed by atoms with van der Waals surface area (Å²) >= 11 is 24.7. The minimum Gasteiger partial charge on any atom is -0.354 e. The lowest BCUT2D eigenvalue weighted by Crippen LogP contribution is -2.52. The molecule has 226 valence electrons. The number of carbonyl (C=O) groups excluding carboxylic acids is 2. The van der Waals surface area contributed by atoms with Gasteiger partial charge in [-0.25, -0.2) is 8.42 Å². The van der Waals surface area contributed by atoms with Gasteiger partial charge in [0.25, 0.3) is 10.0 Å². The van der Waals surface area contributed by atoms with Crippen molar-refractivity contribution >= 4 is 73.9 Å². The highest BCUT2D eigenvalue weighted by molar-refractivity contribution is 7.92. The highest BCUT2D eigenvalue weighted by Gasteiger charge is 2.34. The van der Waals surface area contributed by atoms with E-state index < -0.39 is 28.5 Å². The molecule has 42 heavy (non-hydrogen) atoms. The summed E-state index contributed by atoms with van der Waals surface area (Å²) in [5.41, 5.74) is 1.65. The number of unbranched alkanes of at least 4 members (excludes halogenated alkanes) is 1. The molecule has 3 aromatic carbocycles. The van der Waals surface area contributed by atoms with Crippen molar-refractivity contribution < 1.29 is 18.0 Å². The second-order valence-electron chi connectivity index (χ2n) is 9.76. The number of nitrogens with one attached hydrogen (secondary N) is 1. The number of sulfonamides is 1. The molecule has 12 heteroatoms. The summed E-state index contributed by atoms with van der Waals surface area (Å²) in [5, 5.41) is 3.89. The second kappa shape index (κ2) is 15.3. The number of benzene rings is 3. The third-order valence-corrected chi connectivity index (χ3v) is 9.90. The minimum absolute atomic E-state index is 0.00474. The van der Waals surface area contributed by atoms with E-state index in [2.05, 4.69) is 5.32 Å².